The van der Waals surface area contributed by atoms with Crippen LogP contribution in [0.15, 0.2) is 30.3 Å². The first-order chi connectivity index (χ1) is 10.8. The summed E-state index contributed by atoms with van der Waals surface area (Å²) in [6.07, 6.45) is 7.84. The van der Waals surface area contributed by atoms with Gasteiger partial charge < -0.3 is 5.32 Å². The quantitative estimate of drug-likeness (QED) is 0.581. The first-order valence-corrected chi connectivity index (χ1v) is 8.92. The van der Waals surface area contributed by atoms with Gasteiger partial charge in [-0.05, 0) is 32.3 Å². The van der Waals surface area contributed by atoms with Gasteiger partial charge in [0.15, 0.2) is 0 Å². The third-order valence-corrected chi connectivity index (χ3v) is 4.69. The van der Waals surface area contributed by atoms with Crippen molar-refractivity contribution in [2.75, 3.05) is 6.54 Å². The van der Waals surface area contributed by atoms with E-state index in [4.69, 9.17) is 0 Å². The lowest BCUT2D eigenvalue weighted by molar-refractivity contribution is -0.665. The van der Waals surface area contributed by atoms with Crippen LogP contribution in [0.4, 0.5) is 0 Å². The second-order valence-electron chi connectivity index (χ2n) is 5.30. The van der Waals surface area contributed by atoms with Crippen molar-refractivity contribution in [1.82, 2.24) is 5.32 Å². The Balaban J connectivity index is 1.89. The Labute approximate surface area is 136 Å². The van der Waals surface area contributed by atoms with Gasteiger partial charge in [0.05, 0.1) is 0 Å². The monoisotopic (exact) mass is 317 g/mol. The fourth-order valence-corrected chi connectivity index (χ4v) is 3.58. The number of hydrogen-bond donors (Lipinski definition) is 1. The van der Waals surface area contributed by atoms with Gasteiger partial charge >= 0.3 is 0 Å². The Morgan fingerprint density at radius 3 is 2.91 bits per heavy atom. The zero-order valence-electron chi connectivity index (χ0n) is 13.5. The lowest BCUT2D eigenvalue weighted by Gasteiger charge is -2.01. The predicted molar refractivity (Wildman–Crippen MR) is 93.9 cm³/mol. The van der Waals surface area contributed by atoms with E-state index < -0.39 is 0 Å². The van der Waals surface area contributed by atoms with Gasteiger partial charge in [0, 0.05) is 25.1 Å². The molecule has 2 rings (SSSR count). The third-order valence-electron chi connectivity index (χ3n) is 3.56. The van der Waals surface area contributed by atoms with Crippen LogP contribution in [0.25, 0.3) is 16.3 Å². The summed E-state index contributed by atoms with van der Waals surface area (Å²) in [6, 6.07) is 8.51. The highest BCUT2D eigenvalue weighted by Gasteiger charge is 2.15. The topological polar surface area (TPSA) is 33.0 Å². The van der Waals surface area contributed by atoms with Crippen LogP contribution in [0.2, 0.25) is 0 Å². The minimum atomic E-state index is 0.167. The molecule has 2 aromatic rings. The normalized spacial score (nSPS) is 11.4. The highest BCUT2D eigenvalue weighted by Crippen LogP contribution is 2.21. The maximum absolute atomic E-state index is 11.5. The van der Waals surface area contributed by atoms with Crippen LogP contribution >= 0.6 is 11.3 Å². The maximum Gasteiger partial charge on any atom is 0.262 e. The van der Waals surface area contributed by atoms with E-state index in [2.05, 4.69) is 60.1 Å². The van der Waals surface area contributed by atoms with Gasteiger partial charge in [-0.25, -0.2) is 0 Å². The molecular formula is C18H25N2OS+. The van der Waals surface area contributed by atoms with Crippen LogP contribution in [-0.4, -0.2) is 12.5 Å². The summed E-state index contributed by atoms with van der Waals surface area (Å²) in [5, 5.41) is 4.19. The number of aromatic nitrogens is 1. The molecule has 0 spiro atoms. The molecule has 0 bridgehead atoms. The summed E-state index contributed by atoms with van der Waals surface area (Å²) in [4.78, 5) is 11.5. The van der Waals surface area contributed by atoms with Crippen LogP contribution in [0, 0.1) is 0 Å². The number of allylic oxidation sites excluding steroid dienone is 1. The number of benzene rings is 1. The van der Waals surface area contributed by atoms with Crippen molar-refractivity contribution in [2.24, 2.45) is 0 Å². The molecule has 1 aromatic carbocycles. The molecule has 0 atom stereocenters. The van der Waals surface area contributed by atoms with Crippen molar-refractivity contribution >= 4 is 33.5 Å². The number of thiazole rings is 1. The molecule has 1 aromatic heterocycles. The summed E-state index contributed by atoms with van der Waals surface area (Å²) in [5.41, 5.74) is 1.30. The van der Waals surface area contributed by atoms with Gasteiger partial charge in [-0.2, -0.15) is 4.57 Å². The number of rotatable bonds is 8. The van der Waals surface area contributed by atoms with Crippen molar-refractivity contribution in [3.8, 4) is 0 Å². The highest BCUT2D eigenvalue weighted by molar-refractivity contribution is 7.18. The first-order valence-electron chi connectivity index (χ1n) is 8.10. The predicted octanol–water partition coefficient (Wildman–Crippen LogP) is 3.92. The van der Waals surface area contributed by atoms with Gasteiger partial charge in [-0.15, -0.1) is 0 Å². The lowest BCUT2D eigenvalue weighted by Crippen LogP contribution is -2.33. The number of nitrogens with one attached hydrogen (secondary N) is 1. The van der Waals surface area contributed by atoms with Crippen LogP contribution < -0.4 is 9.88 Å². The Hall–Kier alpha value is -1.68. The average Bonchev–Trinajstić information content (AvgIpc) is 2.89. The number of unbranched alkanes of at least 4 members (excludes halogenated alkanes) is 1. The molecule has 0 saturated heterocycles. The van der Waals surface area contributed by atoms with Crippen LogP contribution in [0.1, 0.15) is 44.5 Å². The van der Waals surface area contributed by atoms with Crippen molar-refractivity contribution in [3.05, 3.63) is 35.3 Å². The molecule has 0 fully saturated rings. The van der Waals surface area contributed by atoms with Crippen LogP contribution in [-0.2, 0) is 11.3 Å². The zero-order valence-corrected chi connectivity index (χ0v) is 14.3. The fourth-order valence-electron chi connectivity index (χ4n) is 2.42. The van der Waals surface area contributed by atoms with Crippen molar-refractivity contribution in [2.45, 2.75) is 46.1 Å². The standard InChI is InChI=1S/C18H24N2OS/c1-3-14-19-17(21)12-6-5-7-13-18-20(4-2)15-10-8-9-11-16(15)22-18/h7-11,13H,3-6,12,14H2,1-2H3/p+1. The number of amides is 1. The summed E-state index contributed by atoms with van der Waals surface area (Å²) in [5.74, 6) is 0.167. The van der Waals surface area contributed by atoms with E-state index >= 15 is 0 Å². The largest absolute Gasteiger partial charge is 0.356 e. The molecule has 0 aliphatic rings. The summed E-state index contributed by atoms with van der Waals surface area (Å²) in [7, 11) is 0. The summed E-state index contributed by atoms with van der Waals surface area (Å²) in [6.45, 7) is 6.00. The van der Waals surface area contributed by atoms with E-state index in [1.807, 2.05) is 11.3 Å². The van der Waals surface area contributed by atoms with E-state index in [0.717, 1.165) is 32.4 Å². The summed E-state index contributed by atoms with van der Waals surface area (Å²) >= 11 is 1.82. The number of para-hydroxylation sites is 1. The molecule has 0 aliphatic carbocycles. The van der Waals surface area contributed by atoms with Gasteiger partial charge in [-0.1, -0.05) is 36.5 Å². The van der Waals surface area contributed by atoms with Gasteiger partial charge in [0.1, 0.15) is 11.2 Å². The Bertz CT molecular complexity index is 646. The van der Waals surface area contributed by atoms with Crippen LogP contribution in [0.3, 0.4) is 0 Å². The van der Waals surface area contributed by atoms with E-state index in [1.165, 1.54) is 15.2 Å². The second kappa shape index (κ2) is 8.69. The molecule has 1 amide bonds. The smallest absolute Gasteiger partial charge is 0.262 e. The zero-order chi connectivity index (χ0) is 15.8. The van der Waals surface area contributed by atoms with Crippen molar-refractivity contribution < 1.29 is 9.36 Å². The molecule has 0 radical (unpaired) electrons. The van der Waals surface area contributed by atoms with Crippen molar-refractivity contribution in [1.29, 1.82) is 0 Å². The Kier molecular flexibility index (Phi) is 6.59. The number of carbonyl (C=O) groups excluding carboxylic acids is 1. The minimum absolute atomic E-state index is 0.167. The molecule has 118 valence electrons. The Morgan fingerprint density at radius 1 is 1.32 bits per heavy atom. The molecule has 0 saturated carbocycles. The summed E-state index contributed by atoms with van der Waals surface area (Å²) < 4.78 is 3.66. The number of hydrogen-bond acceptors (Lipinski definition) is 2. The molecule has 1 heterocycles. The number of aryl methyl sites for hydroxylation is 1. The van der Waals surface area contributed by atoms with Gasteiger partial charge in [0.25, 0.3) is 5.01 Å². The van der Waals surface area contributed by atoms with E-state index in [-0.39, 0.29) is 5.91 Å². The van der Waals surface area contributed by atoms with Gasteiger partial charge in [-0.3, -0.25) is 4.79 Å². The second-order valence-corrected chi connectivity index (χ2v) is 6.36. The minimum Gasteiger partial charge on any atom is -0.356 e. The molecule has 0 aliphatic heterocycles. The van der Waals surface area contributed by atoms with E-state index in [9.17, 15) is 4.79 Å². The average molecular weight is 317 g/mol. The highest BCUT2D eigenvalue weighted by atomic mass is 32.1. The first kappa shape index (κ1) is 16.7. The maximum atomic E-state index is 11.5. The number of carbonyl (C=O) groups is 1. The molecule has 0 unspecified atom stereocenters. The third kappa shape index (κ3) is 4.41. The molecule has 3 nitrogen and oxygen atoms in total. The lowest BCUT2D eigenvalue weighted by atomic mass is 10.2. The van der Waals surface area contributed by atoms with Gasteiger partial charge in [0.2, 0.25) is 11.4 Å². The van der Waals surface area contributed by atoms with E-state index in [1.54, 1.807) is 0 Å². The fraction of sp³-hybridized carbons (Fsp3) is 0.444. The Morgan fingerprint density at radius 2 is 2.14 bits per heavy atom. The number of fused-ring (bicyclic) bond motifs is 1. The molecular weight excluding hydrogens is 292 g/mol. The van der Waals surface area contributed by atoms with E-state index in [0.29, 0.717) is 6.42 Å². The van der Waals surface area contributed by atoms with Crippen LogP contribution in [0.5, 0.6) is 0 Å². The molecule has 4 heteroatoms. The SMILES string of the molecule is CCCNC(=O)CCCC=Cc1sc2ccccc2[n+]1CC. The van der Waals surface area contributed by atoms with Crippen molar-refractivity contribution in [3.63, 3.8) is 0 Å². The molecule has 1 N–H and O–H groups in total. The molecule has 22 heavy (non-hydrogen) atoms. The number of nitrogens with zero attached hydrogens (tertiary/aromatic N) is 1.